The Labute approximate surface area is 89.9 Å². The number of nitrogens with two attached hydrogens (primary N) is 1. The first kappa shape index (κ1) is 11.7. The third-order valence-corrected chi connectivity index (χ3v) is 3.09. The van der Waals surface area contributed by atoms with Crippen molar-refractivity contribution in [3.63, 3.8) is 0 Å². The summed E-state index contributed by atoms with van der Waals surface area (Å²) in [4.78, 5) is 2.70. The average Bonchev–Trinajstić information content (AvgIpc) is 2.41. The van der Waals surface area contributed by atoms with Gasteiger partial charge in [0.1, 0.15) is 0 Å². The van der Waals surface area contributed by atoms with Crippen LogP contribution in [-0.4, -0.2) is 25.6 Å². The summed E-state index contributed by atoms with van der Waals surface area (Å²) in [7, 11) is 3.97. The maximum absolute atomic E-state index is 5.75. The van der Waals surface area contributed by atoms with Crippen molar-refractivity contribution < 1.29 is 0 Å². The molecule has 0 aliphatic rings. The van der Waals surface area contributed by atoms with Crippen LogP contribution in [0.4, 0.5) is 0 Å². The molecule has 0 fully saturated rings. The molecule has 14 heavy (non-hydrogen) atoms. The molecule has 4 heteroatoms. The van der Waals surface area contributed by atoms with E-state index in [-0.39, 0.29) is 6.04 Å². The lowest BCUT2D eigenvalue weighted by atomic mass is 10.1. The Morgan fingerprint density at radius 1 is 1.50 bits per heavy atom. The summed E-state index contributed by atoms with van der Waals surface area (Å²) in [6.07, 6.45) is 0. The fraction of sp³-hybridized carbons (Fsp3) is 0.600. The normalized spacial score (nSPS) is 13.6. The second kappa shape index (κ2) is 4.89. The predicted octanol–water partition coefficient (Wildman–Crippen LogP) is 1.43. The van der Waals surface area contributed by atoms with E-state index in [1.54, 1.807) is 0 Å². The van der Waals surface area contributed by atoms with Crippen LogP contribution in [0, 0.1) is 13.8 Å². The molecule has 3 nitrogen and oxygen atoms in total. The van der Waals surface area contributed by atoms with Crippen molar-refractivity contribution in [3.05, 3.63) is 21.4 Å². The van der Waals surface area contributed by atoms with Gasteiger partial charge in [0.05, 0.1) is 6.04 Å². The smallest absolute Gasteiger partial charge is 0.0597 e. The fourth-order valence-corrected chi connectivity index (χ4v) is 2.55. The fourth-order valence-electron chi connectivity index (χ4n) is 1.56. The number of rotatable bonds is 4. The molecule has 0 saturated heterocycles. The van der Waals surface area contributed by atoms with Crippen LogP contribution in [0.1, 0.15) is 21.4 Å². The highest BCUT2D eigenvalue weighted by Crippen LogP contribution is 2.25. The van der Waals surface area contributed by atoms with Gasteiger partial charge in [-0.25, -0.2) is 10.4 Å². The minimum atomic E-state index is 0.231. The Bertz CT molecular complexity index is 294. The molecular formula is C10H19N3S. The Kier molecular flexibility index (Phi) is 4.07. The van der Waals surface area contributed by atoms with Crippen LogP contribution in [0.15, 0.2) is 6.07 Å². The highest BCUT2D eigenvalue weighted by molar-refractivity contribution is 7.12. The Hall–Kier alpha value is -0.420. The molecule has 1 heterocycles. The molecule has 0 amide bonds. The van der Waals surface area contributed by atoms with E-state index in [1.165, 1.54) is 15.3 Å². The van der Waals surface area contributed by atoms with Gasteiger partial charge in [-0.15, -0.1) is 11.3 Å². The van der Waals surface area contributed by atoms with Gasteiger partial charge in [0.2, 0.25) is 0 Å². The van der Waals surface area contributed by atoms with E-state index in [4.69, 9.17) is 5.73 Å². The van der Waals surface area contributed by atoms with E-state index < -0.39 is 0 Å². The average molecular weight is 213 g/mol. The summed E-state index contributed by atoms with van der Waals surface area (Å²) in [6, 6.07) is 2.45. The molecule has 0 aliphatic carbocycles. The van der Waals surface area contributed by atoms with E-state index in [0.29, 0.717) is 6.54 Å². The number of hydrogen-bond acceptors (Lipinski definition) is 4. The summed E-state index contributed by atoms with van der Waals surface area (Å²) >= 11 is 1.83. The van der Waals surface area contributed by atoms with E-state index >= 15 is 0 Å². The lowest BCUT2D eigenvalue weighted by Gasteiger charge is -2.21. The molecule has 1 unspecified atom stereocenters. The van der Waals surface area contributed by atoms with Gasteiger partial charge in [-0.1, -0.05) is 0 Å². The molecule has 0 saturated carbocycles. The van der Waals surface area contributed by atoms with Gasteiger partial charge < -0.3 is 5.73 Å². The standard InChI is InChI=1S/C10H19N3S/c1-7-5-9(8(2)14-7)10(6-11)12-13(3)4/h5,10,12H,6,11H2,1-4H3. The van der Waals surface area contributed by atoms with Crippen molar-refractivity contribution >= 4 is 11.3 Å². The van der Waals surface area contributed by atoms with Crippen LogP contribution in [0.25, 0.3) is 0 Å². The Morgan fingerprint density at radius 3 is 2.50 bits per heavy atom. The summed E-state index contributed by atoms with van der Waals surface area (Å²) in [5.74, 6) is 0. The number of hydrazine groups is 1. The van der Waals surface area contributed by atoms with Gasteiger partial charge in [0.25, 0.3) is 0 Å². The van der Waals surface area contributed by atoms with Crippen LogP contribution in [0.2, 0.25) is 0 Å². The number of hydrogen-bond donors (Lipinski definition) is 2. The summed E-state index contributed by atoms with van der Waals surface area (Å²) in [5, 5.41) is 1.95. The molecule has 0 radical (unpaired) electrons. The van der Waals surface area contributed by atoms with Crippen LogP contribution >= 0.6 is 11.3 Å². The molecule has 1 rings (SSSR count). The third-order valence-electron chi connectivity index (χ3n) is 2.10. The van der Waals surface area contributed by atoms with Crippen LogP contribution in [0.5, 0.6) is 0 Å². The van der Waals surface area contributed by atoms with Crippen molar-refractivity contribution in [3.8, 4) is 0 Å². The maximum Gasteiger partial charge on any atom is 0.0597 e. The quantitative estimate of drug-likeness (QED) is 0.744. The topological polar surface area (TPSA) is 41.3 Å². The van der Waals surface area contributed by atoms with Gasteiger partial charge >= 0.3 is 0 Å². The first-order chi connectivity index (χ1) is 6.54. The molecule has 0 aromatic carbocycles. The van der Waals surface area contributed by atoms with E-state index in [9.17, 15) is 0 Å². The lowest BCUT2D eigenvalue weighted by Crippen LogP contribution is -2.38. The van der Waals surface area contributed by atoms with Gasteiger partial charge in [-0.2, -0.15) is 0 Å². The van der Waals surface area contributed by atoms with Crippen molar-refractivity contribution in [2.24, 2.45) is 5.73 Å². The van der Waals surface area contributed by atoms with E-state index in [2.05, 4.69) is 25.3 Å². The number of nitrogens with zero attached hydrogens (tertiary/aromatic N) is 1. The summed E-state index contributed by atoms with van der Waals surface area (Å²) < 4.78 is 0. The molecule has 3 N–H and O–H groups in total. The molecule has 1 atom stereocenters. The van der Waals surface area contributed by atoms with Crippen LogP contribution < -0.4 is 11.2 Å². The predicted molar refractivity (Wildman–Crippen MR) is 62.4 cm³/mol. The van der Waals surface area contributed by atoms with E-state index in [1.807, 2.05) is 30.4 Å². The summed E-state index contributed by atoms with van der Waals surface area (Å²) in [6.45, 7) is 4.90. The molecule has 80 valence electrons. The zero-order valence-corrected chi connectivity index (χ0v) is 10.1. The van der Waals surface area contributed by atoms with Crippen molar-refractivity contribution in [1.29, 1.82) is 0 Å². The first-order valence-electron chi connectivity index (χ1n) is 4.75. The largest absolute Gasteiger partial charge is 0.329 e. The molecule has 0 bridgehead atoms. The lowest BCUT2D eigenvalue weighted by molar-refractivity contribution is 0.245. The second-order valence-electron chi connectivity index (χ2n) is 3.68. The van der Waals surface area contributed by atoms with E-state index in [0.717, 1.165) is 0 Å². The van der Waals surface area contributed by atoms with Gasteiger partial charge in [-0.05, 0) is 25.5 Å². The zero-order chi connectivity index (χ0) is 10.7. The monoisotopic (exact) mass is 213 g/mol. The van der Waals surface area contributed by atoms with Crippen LogP contribution in [0.3, 0.4) is 0 Å². The van der Waals surface area contributed by atoms with Gasteiger partial charge in [-0.3, -0.25) is 0 Å². The van der Waals surface area contributed by atoms with Crippen molar-refractivity contribution in [2.75, 3.05) is 20.6 Å². The molecule has 0 aliphatic heterocycles. The minimum absolute atomic E-state index is 0.231. The third kappa shape index (κ3) is 2.78. The molecule has 0 spiro atoms. The van der Waals surface area contributed by atoms with Gasteiger partial charge in [0, 0.05) is 30.4 Å². The molecule has 1 aromatic rings. The highest BCUT2D eigenvalue weighted by Gasteiger charge is 2.14. The Morgan fingerprint density at radius 2 is 2.14 bits per heavy atom. The summed E-state index contributed by atoms with van der Waals surface area (Å²) in [5.41, 5.74) is 10.4. The second-order valence-corrected chi connectivity index (χ2v) is 5.14. The van der Waals surface area contributed by atoms with Crippen LogP contribution in [-0.2, 0) is 0 Å². The highest BCUT2D eigenvalue weighted by atomic mass is 32.1. The van der Waals surface area contributed by atoms with Gasteiger partial charge in [0.15, 0.2) is 0 Å². The number of aryl methyl sites for hydroxylation is 2. The van der Waals surface area contributed by atoms with Crippen molar-refractivity contribution in [2.45, 2.75) is 19.9 Å². The van der Waals surface area contributed by atoms with Crippen molar-refractivity contribution in [1.82, 2.24) is 10.4 Å². The maximum atomic E-state index is 5.75. The Balaban J connectivity index is 2.83. The first-order valence-corrected chi connectivity index (χ1v) is 5.56. The number of thiophene rings is 1. The minimum Gasteiger partial charge on any atom is -0.329 e. The molecular weight excluding hydrogens is 194 g/mol. The zero-order valence-electron chi connectivity index (χ0n) is 9.29. The SMILES string of the molecule is Cc1cc(C(CN)NN(C)C)c(C)s1. The number of nitrogens with one attached hydrogen (secondary N) is 1. The molecule has 1 aromatic heterocycles.